The molecule has 5 aromatic rings. The van der Waals surface area contributed by atoms with Gasteiger partial charge >= 0.3 is 0 Å². The van der Waals surface area contributed by atoms with Gasteiger partial charge in [-0.3, -0.25) is 14.0 Å². The van der Waals surface area contributed by atoms with Crippen molar-refractivity contribution in [2.45, 2.75) is 68.9 Å². The van der Waals surface area contributed by atoms with Crippen LogP contribution < -0.4 is 4.74 Å². The molecule has 0 atom stereocenters. The Kier molecular flexibility index (Phi) is 8.63. The maximum Gasteiger partial charge on any atom is 0.296 e. The summed E-state index contributed by atoms with van der Waals surface area (Å²) >= 11 is 0. The van der Waals surface area contributed by atoms with Gasteiger partial charge in [0.1, 0.15) is 6.10 Å². The number of hydrogen-bond donors (Lipinski definition) is 0. The molecule has 1 amide bonds. The van der Waals surface area contributed by atoms with Crippen LogP contribution in [0, 0.1) is 17.8 Å². The van der Waals surface area contributed by atoms with Crippen molar-refractivity contribution in [1.82, 2.24) is 19.4 Å². The number of ether oxygens (including phenoxy) is 2. The van der Waals surface area contributed by atoms with Gasteiger partial charge < -0.3 is 18.9 Å². The molecule has 10 nitrogen and oxygen atoms in total. The largest absolute Gasteiger partial charge is 0.474 e. The zero-order valence-electron chi connectivity index (χ0n) is 29.4. The van der Waals surface area contributed by atoms with Crippen LogP contribution in [-0.4, -0.2) is 72.8 Å². The molecule has 0 saturated heterocycles. The maximum absolute atomic E-state index is 13.5. The molecular weight excluding hydrogens is 665 g/mol. The molecule has 0 aliphatic heterocycles. The average Bonchev–Trinajstić information content (AvgIpc) is 3.37. The van der Waals surface area contributed by atoms with E-state index >= 15 is 0 Å². The van der Waals surface area contributed by atoms with E-state index in [0.717, 1.165) is 71.6 Å². The molecule has 4 saturated carbocycles. The van der Waals surface area contributed by atoms with E-state index in [1.54, 1.807) is 24.3 Å². The third-order valence-corrected chi connectivity index (χ3v) is 12.7. The molecule has 266 valence electrons. The van der Waals surface area contributed by atoms with Crippen molar-refractivity contribution in [3.05, 3.63) is 84.8 Å². The average molecular weight is 709 g/mol. The molecule has 0 radical (unpaired) electrons. The number of hydrogen-bond acceptors (Lipinski definition) is 8. The molecule has 3 heterocycles. The number of pyridine rings is 2. The third kappa shape index (κ3) is 6.29. The lowest BCUT2D eigenvalue weighted by atomic mass is 9.35. The van der Waals surface area contributed by atoms with Gasteiger partial charge in [-0.2, -0.15) is 8.42 Å². The topological polar surface area (TPSA) is 113 Å². The Bertz CT molecular complexity index is 2170. The van der Waals surface area contributed by atoms with Crippen LogP contribution in [0.1, 0.15) is 50.5 Å². The molecule has 0 N–H and O–H groups in total. The highest BCUT2D eigenvalue weighted by Crippen LogP contribution is 2.74. The zero-order chi connectivity index (χ0) is 35.4. The number of amides is 1. The number of fused-ring (bicyclic) bond motifs is 3. The summed E-state index contributed by atoms with van der Waals surface area (Å²) in [6, 6.07) is 19.3. The van der Waals surface area contributed by atoms with E-state index in [1.807, 2.05) is 49.6 Å². The lowest BCUT2D eigenvalue weighted by Crippen LogP contribution is -2.70. The third-order valence-electron chi connectivity index (χ3n) is 11.3. The Morgan fingerprint density at radius 2 is 1.67 bits per heavy atom. The summed E-state index contributed by atoms with van der Waals surface area (Å²) in [6.45, 7) is 3.24. The molecule has 2 aromatic carbocycles. The lowest BCUT2D eigenvalue weighted by Gasteiger charge is -2.70. The van der Waals surface area contributed by atoms with E-state index in [9.17, 15) is 13.2 Å². The first kappa shape index (κ1) is 33.8. The molecule has 0 spiro atoms. The Morgan fingerprint density at radius 1 is 0.922 bits per heavy atom. The maximum atomic E-state index is 13.5. The molecule has 4 fully saturated rings. The van der Waals surface area contributed by atoms with Gasteiger partial charge in [-0.25, -0.2) is 4.98 Å². The van der Waals surface area contributed by atoms with E-state index < -0.39 is 10.1 Å². The minimum atomic E-state index is -3.73. The number of rotatable bonds is 14. The summed E-state index contributed by atoms with van der Waals surface area (Å²) in [6.07, 6.45) is 11.2. The number of nitrogens with zero attached hydrogens (tertiary/aromatic N) is 4. The van der Waals surface area contributed by atoms with Gasteiger partial charge in [0.05, 0.1) is 29.0 Å². The second kappa shape index (κ2) is 13.0. The molecule has 9 rings (SSSR count). The normalized spacial score (nSPS) is 23.7. The van der Waals surface area contributed by atoms with E-state index in [-0.39, 0.29) is 40.4 Å². The lowest BCUT2D eigenvalue weighted by molar-refractivity contribution is -0.235. The number of benzene rings is 2. The summed E-state index contributed by atoms with van der Waals surface area (Å²) in [5.74, 6) is 0.857. The Hall–Kier alpha value is -4.32. The van der Waals surface area contributed by atoms with E-state index in [1.165, 1.54) is 5.39 Å². The van der Waals surface area contributed by atoms with Crippen molar-refractivity contribution in [2.75, 3.05) is 26.9 Å². The summed E-state index contributed by atoms with van der Waals surface area (Å²) in [7, 11) is 0.282. The highest BCUT2D eigenvalue weighted by molar-refractivity contribution is 7.86. The van der Waals surface area contributed by atoms with Crippen molar-refractivity contribution >= 4 is 37.8 Å². The Morgan fingerprint density at radius 3 is 2.41 bits per heavy atom. The molecular formula is C40H44N4O6S. The van der Waals surface area contributed by atoms with Crippen molar-refractivity contribution in [3.63, 3.8) is 0 Å². The number of aromatic nitrogens is 3. The van der Waals surface area contributed by atoms with E-state index in [4.69, 9.17) is 13.7 Å². The predicted molar refractivity (Wildman–Crippen MR) is 195 cm³/mol. The first-order valence-electron chi connectivity index (χ1n) is 17.8. The van der Waals surface area contributed by atoms with Crippen LogP contribution in [0.15, 0.2) is 84.1 Å². The Balaban J connectivity index is 0.739. The summed E-state index contributed by atoms with van der Waals surface area (Å²) in [4.78, 5) is 24.5. The SMILES string of the molecule is Cc1ccc(S(=O)(=O)OCCCCOCC23CC(C(=O)N(C)C4CC(Oc5ccc(-c6ccc7c8cnccc8n(C)c7c6)cn5)C4)(C2)C3)cc1. The van der Waals surface area contributed by atoms with Crippen LogP contribution in [0.4, 0.5) is 0 Å². The molecule has 2 bridgehead atoms. The molecule has 0 unspecified atom stereocenters. The smallest absolute Gasteiger partial charge is 0.296 e. The summed E-state index contributed by atoms with van der Waals surface area (Å²) in [5, 5.41) is 2.33. The van der Waals surface area contributed by atoms with Gasteiger partial charge in [-0.15, -0.1) is 0 Å². The van der Waals surface area contributed by atoms with Gasteiger partial charge in [0.15, 0.2) is 0 Å². The van der Waals surface area contributed by atoms with Crippen molar-refractivity contribution < 1.29 is 26.9 Å². The molecule has 4 aliphatic rings. The zero-order valence-corrected chi connectivity index (χ0v) is 30.2. The van der Waals surface area contributed by atoms with Gasteiger partial charge in [0.25, 0.3) is 10.1 Å². The minimum Gasteiger partial charge on any atom is -0.474 e. The van der Waals surface area contributed by atoms with Crippen LogP contribution in [0.3, 0.4) is 0 Å². The van der Waals surface area contributed by atoms with Crippen LogP contribution in [0.5, 0.6) is 5.88 Å². The summed E-state index contributed by atoms with van der Waals surface area (Å²) < 4.78 is 44.1. The fraction of sp³-hybridized carbons (Fsp3) is 0.425. The highest BCUT2D eigenvalue weighted by Gasteiger charge is 2.72. The van der Waals surface area contributed by atoms with Gasteiger partial charge in [-0.05, 0) is 80.3 Å². The quantitative estimate of drug-likeness (QED) is 0.0911. The first-order chi connectivity index (χ1) is 24.5. The second-order valence-electron chi connectivity index (χ2n) is 15.0. The van der Waals surface area contributed by atoms with Crippen LogP contribution in [0.2, 0.25) is 0 Å². The van der Waals surface area contributed by atoms with Gasteiger partial charge in [-0.1, -0.05) is 29.8 Å². The minimum absolute atomic E-state index is 0.0465. The van der Waals surface area contributed by atoms with E-state index in [2.05, 4.69) is 45.8 Å². The summed E-state index contributed by atoms with van der Waals surface area (Å²) in [5.41, 5.74) is 5.32. The molecule has 3 aromatic heterocycles. The van der Waals surface area contributed by atoms with Gasteiger partial charge in [0.2, 0.25) is 11.8 Å². The fourth-order valence-corrected chi connectivity index (χ4v) is 9.37. The Labute approximate surface area is 298 Å². The van der Waals surface area contributed by atoms with Crippen molar-refractivity contribution in [2.24, 2.45) is 17.9 Å². The number of carbonyl (C=O) groups excluding carboxylic acids is 1. The number of unbranched alkanes of at least 4 members (excludes halogenated alkanes) is 1. The van der Waals surface area contributed by atoms with Crippen LogP contribution in [-0.2, 0) is 30.9 Å². The molecule has 4 aliphatic carbocycles. The number of carbonyl (C=O) groups is 1. The van der Waals surface area contributed by atoms with Crippen molar-refractivity contribution in [1.29, 1.82) is 0 Å². The van der Waals surface area contributed by atoms with Gasteiger partial charge in [0, 0.05) is 86.1 Å². The highest BCUT2D eigenvalue weighted by atomic mass is 32.2. The van der Waals surface area contributed by atoms with Crippen LogP contribution >= 0.6 is 0 Å². The monoisotopic (exact) mass is 708 g/mol. The fourth-order valence-electron chi connectivity index (χ4n) is 8.43. The van der Waals surface area contributed by atoms with Crippen LogP contribution in [0.25, 0.3) is 32.9 Å². The standard InChI is InChI=1S/C40H44N4O6S/c1-27-6-10-32(11-7-27)51(46,47)49-17-5-4-16-48-26-39-23-40(24-39,25-39)38(45)43(2)30-19-31(20-30)50-37-13-9-29(21-42-37)28-8-12-33-34-22-41-15-14-35(34)44(3)36(33)18-28/h6-15,18,21-22,30-31H,4-5,16-17,19-20,23-26H2,1-3H3. The number of aryl methyl sites for hydroxylation is 2. The van der Waals surface area contributed by atoms with E-state index in [0.29, 0.717) is 25.5 Å². The first-order valence-corrected chi connectivity index (χ1v) is 19.2. The van der Waals surface area contributed by atoms with Crippen molar-refractivity contribution in [3.8, 4) is 17.0 Å². The molecule has 51 heavy (non-hydrogen) atoms. The second-order valence-corrected chi connectivity index (χ2v) is 16.6. The predicted octanol–water partition coefficient (Wildman–Crippen LogP) is 6.84. The molecule has 11 heteroatoms.